The van der Waals surface area contributed by atoms with Gasteiger partial charge in [0.1, 0.15) is 0 Å². The number of benzene rings is 1. The van der Waals surface area contributed by atoms with Gasteiger partial charge in [-0.2, -0.15) is 0 Å². The van der Waals surface area contributed by atoms with Gasteiger partial charge in [-0.1, -0.05) is 54.6 Å². The van der Waals surface area contributed by atoms with Crippen LogP contribution in [0.4, 0.5) is 0 Å². The number of aromatic nitrogens is 1. The largest absolute Gasteiger partial charge is 0.481 e. The highest BCUT2D eigenvalue weighted by Crippen LogP contribution is 2.28. The number of ether oxygens (including phenoxy) is 1. The van der Waals surface area contributed by atoms with E-state index in [0.717, 1.165) is 11.1 Å². The number of hydrogen-bond donors (Lipinski definition) is 2. The Morgan fingerprint density at radius 2 is 1.69 bits per heavy atom. The summed E-state index contributed by atoms with van der Waals surface area (Å²) in [5.41, 5.74) is 3.63. The zero-order valence-corrected chi connectivity index (χ0v) is 15.3. The summed E-state index contributed by atoms with van der Waals surface area (Å²) in [7, 11) is 1.46. The highest BCUT2D eigenvalue weighted by atomic mass is 16.5. The second-order valence-corrected chi connectivity index (χ2v) is 5.48. The average Bonchev–Trinajstić information content (AvgIpc) is 2.71. The van der Waals surface area contributed by atoms with Crippen molar-refractivity contribution < 1.29 is 4.74 Å². The van der Waals surface area contributed by atoms with E-state index in [2.05, 4.69) is 4.98 Å². The van der Waals surface area contributed by atoms with Crippen molar-refractivity contribution in [3.63, 3.8) is 0 Å². The third-order valence-electron chi connectivity index (χ3n) is 3.86. The molecule has 0 aliphatic heterocycles. The summed E-state index contributed by atoms with van der Waals surface area (Å²) in [4.78, 5) is 4.40. The first-order valence-corrected chi connectivity index (χ1v) is 8.36. The Morgan fingerprint density at radius 1 is 1.00 bits per heavy atom. The molecule has 4 heteroatoms. The van der Waals surface area contributed by atoms with Crippen molar-refractivity contribution in [2.24, 2.45) is 0 Å². The maximum atomic E-state index is 8.83. The molecular weight excluding hydrogens is 322 g/mol. The number of nitrogens with one attached hydrogen (secondary N) is 2. The fraction of sp³-hybridized carbons (Fsp3) is 0.136. The van der Waals surface area contributed by atoms with Crippen LogP contribution in [-0.2, 0) is 4.74 Å². The van der Waals surface area contributed by atoms with E-state index in [9.17, 15) is 0 Å². The molecule has 0 bridgehead atoms. The fourth-order valence-corrected chi connectivity index (χ4v) is 2.64. The van der Waals surface area contributed by atoms with Crippen molar-refractivity contribution in [1.82, 2.24) is 4.98 Å². The number of hydrogen-bond acceptors (Lipinski definition) is 4. The number of rotatable bonds is 6. The monoisotopic (exact) mass is 345 g/mol. The summed E-state index contributed by atoms with van der Waals surface area (Å²) in [5, 5.41) is 17.2. The first kappa shape index (κ1) is 19.1. The highest BCUT2D eigenvalue weighted by molar-refractivity contribution is 6.30. The van der Waals surface area contributed by atoms with Crippen LogP contribution in [0.25, 0.3) is 5.57 Å². The Hall–Kier alpha value is -3.27. The standard InChI is InChI=1S/C22H23N3O/c1-4-11-16(5-2)19(21(23)17-12-7-6-8-13-17)20(22(24)26-3)18-14-9-10-15-25-18/h4-15,23-24H,1-3H3/b11-4-,16-5+,20-19-,23-21?,24-22?. The van der Waals surface area contributed by atoms with Gasteiger partial charge in [-0.25, -0.2) is 0 Å². The van der Waals surface area contributed by atoms with Gasteiger partial charge in [-0.05, 0) is 31.6 Å². The maximum Gasteiger partial charge on any atom is 0.215 e. The van der Waals surface area contributed by atoms with Crippen LogP contribution >= 0.6 is 0 Å². The second kappa shape index (κ2) is 9.28. The van der Waals surface area contributed by atoms with Crippen LogP contribution in [0.15, 0.2) is 84.1 Å². The summed E-state index contributed by atoms with van der Waals surface area (Å²) < 4.78 is 5.24. The smallest absolute Gasteiger partial charge is 0.215 e. The third kappa shape index (κ3) is 4.22. The molecule has 132 valence electrons. The Bertz CT molecular complexity index is 863. The van der Waals surface area contributed by atoms with E-state index in [1.165, 1.54) is 7.11 Å². The molecule has 1 aromatic heterocycles. The van der Waals surface area contributed by atoms with Crippen LogP contribution in [0, 0.1) is 10.8 Å². The number of nitrogens with zero attached hydrogens (tertiary/aromatic N) is 1. The number of pyridine rings is 1. The molecule has 2 rings (SSSR count). The van der Waals surface area contributed by atoms with E-state index in [1.54, 1.807) is 6.20 Å². The topological polar surface area (TPSA) is 69.8 Å². The van der Waals surface area contributed by atoms with Crippen molar-refractivity contribution in [2.75, 3.05) is 7.11 Å². The molecule has 2 N–H and O–H groups in total. The van der Waals surface area contributed by atoms with Gasteiger partial charge in [0.25, 0.3) is 0 Å². The van der Waals surface area contributed by atoms with Crippen molar-refractivity contribution in [3.05, 3.63) is 95.4 Å². The van der Waals surface area contributed by atoms with Gasteiger partial charge in [-0.3, -0.25) is 15.8 Å². The predicted octanol–water partition coefficient (Wildman–Crippen LogP) is 5.05. The Morgan fingerprint density at radius 3 is 2.23 bits per heavy atom. The summed E-state index contributed by atoms with van der Waals surface area (Å²) in [6.07, 6.45) is 7.45. The minimum Gasteiger partial charge on any atom is -0.481 e. The van der Waals surface area contributed by atoms with Crippen LogP contribution in [-0.4, -0.2) is 23.7 Å². The normalized spacial score (nSPS) is 12.7. The van der Waals surface area contributed by atoms with E-state index < -0.39 is 0 Å². The third-order valence-corrected chi connectivity index (χ3v) is 3.86. The van der Waals surface area contributed by atoms with Gasteiger partial charge in [0, 0.05) is 17.3 Å². The van der Waals surface area contributed by atoms with E-state index >= 15 is 0 Å². The summed E-state index contributed by atoms with van der Waals surface area (Å²) in [6.45, 7) is 3.84. The van der Waals surface area contributed by atoms with E-state index in [4.69, 9.17) is 15.6 Å². The molecule has 4 nitrogen and oxygen atoms in total. The zero-order chi connectivity index (χ0) is 18.9. The van der Waals surface area contributed by atoms with Crippen molar-refractivity contribution in [2.45, 2.75) is 13.8 Å². The molecule has 0 atom stereocenters. The Balaban J connectivity index is 2.83. The molecule has 26 heavy (non-hydrogen) atoms. The van der Waals surface area contributed by atoms with Crippen LogP contribution < -0.4 is 0 Å². The SMILES string of the molecule is C\C=C/C(=C\C)C(/C(=N)c1ccccc1)=C(/C(=N)OC)c1ccccn1. The molecule has 0 radical (unpaired) electrons. The molecule has 0 aliphatic carbocycles. The molecule has 0 saturated carbocycles. The van der Waals surface area contributed by atoms with Gasteiger partial charge >= 0.3 is 0 Å². The Kier molecular flexibility index (Phi) is 6.80. The Labute approximate surface area is 154 Å². The molecule has 2 aromatic rings. The van der Waals surface area contributed by atoms with Gasteiger partial charge in [-0.15, -0.1) is 0 Å². The molecule has 1 heterocycles. The number of methoxy groups -OCH3 is 1. The number of allylic oxidation sites excluding steroid dienone is 5. The molecule has 0 fully saturated rings. The zero-order valence-electron chi connectivity index (χ0n) is 15.3. The summed E-state index contributed by atoms with van der Waals surface area (Å²) >= 11 is 0. The van der Waals surface area contributed by atoms with Crippen molar-refractivity contribution in [3.8, 4) is 0 Å². The first-order chi connectivity index (χ1) is 12.6. The average molecular weight is 345 g/mol. The van der Waals surface area contributed by atoms with Crippen LogP contribution in [0.5, 0.6) is 0 Å². The quantitative estimate of drug-likeness (QED) is 0.437. The molecule has 1 aromatic carbocycles. The minimum atomic E-state index is -0.0248. The van der Waals surface area contributed by atoms with Gasteiger partial charge < -0.3 is 4.74 Å². The lowest BCUT2D eigenvalue weighted by Crippen LogP contribution is -2.15. The van der Waals surface area contributed by atoms with E-state index in [1.807, 2.05) is 80.6 Å². The van der Waals surface area contributed by atoms with Crippen LogP contribution in [0.2, 0.25) is 0 Å². The first-order valence-electron chi connectivity index (χ1n) is 8.36. The van der Waals surface area contributed by atoms with Crippen LogP contribution in [0.1, 0.15) is 25.1 Å². The highest BCUT2D eigenvalue weighted by Gasteiger charge is 2.22. The lowest BCUT2D eigenvalue weighted by atomic mass is 9.89. The maximum absolute atomic E-state index is 8.83. The van der Waals surface area contributed by atoms with Gasteiger partial charge in [0.15, 0.2) is 0 Å². The molecule has 0 saturated heterocycles. The van der Waals surface area contributed by atoms with Gasteiger partial charge in [0.05, 0.1) is 24.1 Å². The lowest BCUT2D eigenvalue weighted by Gasteiger charge is -2.18. The van der Waals surface area contributed by atoms with E-state index in [-0.39, 0.29) is 5.90 Å². The fourth-order valence-electron chi connectivity index (χ4n) is 2.64. The second-order valence-electron chi connectivity index (χ2n) is 5.48. The molecule has 0 aliphatic rings. The molecule has 0 unspecified atom stereocenters. The predicted molar refractivity (Wildman–Crippen MR) is 108 cm³/mol. The molecule has 0 amide bonds. The summed E-state index contributed by atoms with van der Waals surface area (Å²) in [5.74, 6) is -0.0248. The van der Waals surface area contributed by atoms with Crippen molar-refractivity contribution in [1.29, 1.82) is 10.8 Å². The molecule has 0 spiro atoms. The van der Waals surface area contributed by atoms with Gasteiger partial charge in [0.2, 0.25) is 5.90 Å². The minimum absolute atomic E-state index is 0.0248. The van der Waals surface area contributed by atoms with E-state index in [0.29, 0.717) is 22.6 Å². The van der Waals surface area contributed by atoms with Crippen LogP contribution in [0.3, 0.4) is 0 Å². The summed E-state index contributed by atoms with van der Waals surface area (Å²) in [6, 6.07) is 15.0. The van der Waals surface area contributed by atoms with Crippen molar-refractivity contribution >= 4 is 17.2 Å². The lowest BCUT2D eigenvalue weighted by molar-refractivity contribution is 0.405. The molecular formula is C22H23N3O.